The van der Waals surface area contributed by atoms with Gasteiger partial charge in [0.05, 0.1) is 39.3 Å². The third kappa shape index (κ3) is 4.16. The van der Waals surface area contributed by atoms with E-state index in [1.807, 2.05) is 0 Å². The lowest BCUT2D eigenvalue weighted by molar-refractivity contribution is -0.123. The van der Waals surface area contributed by atoms with Crippen LogP contribution in [0.3, 0.4) is 0 Å². The highest BCUT2D eigenvalue weighted by atomic mass is 35.5. The van der Waals surface area contributed by atoms with Gasteiger partial charge >= 0.3 is 5.97 Å². The number of esters is 1. The number of carbonyl (C=O) groups is 4. The molecule has 2 bridgehead atoms. The smallest absolute Gasteiger partial charge is 0.339 e. The number of benzene rings is 3. The first kappa shape index (κ1) is 25.4. The molecule has 0 N–H and O–H groups in total. The molecular weight excluding hydrogens is 540 g/mol. The maximum atomic E-state index is 13.2. The number of nitrogens with zero attached hydrogens (tertiary/aromatic N) is 2. The molecule has 2 heterocycles. The van der Waals surface area contributed by atoms with Crippen molar-refractivity contribution >= 4 is 51.8 Å². The molecule has 0 spiro atoms. The van der Waals surface area contributed by atoms with E-state index >= 15 is 0 Å². The fourth-order valence-corrected chi connectivity index (χ4v) is 6.60. The van der Waals surface area contributed by atoms with Gasteiger partial charge in [0.1, 0.15) is 0 Å². The van der Waals surface area contributed by atoms with Gasteiger partial charge in [0.25, 0.3) is 0 Å². The molecule has 7 nitrogen and oxygen atoms in total. The second-order valence-electron chi connectivity index (χ2n) is 10.6. The van der Waals surface area contributed by atoms with Gasteiger partial charge in [-0.25, -0.2) is 9.78 Å². The summed E-state index contributed by atoms with van der Waals surface area (Å²) in [7, 11) is 0. The number of fused-ring (bicyclic) bond motifs is 6. The Balaban J connectivity index is 1.18. The average Bonchev–Trinajstić information content (AvgIpc) is 3.69. The number of halogens is 1. The highest BCUT2D eigenvalue weighted by Gasteiger charge is 2.59. The van der Waals surface area contributed by atoms with Crippen LogP contribution < -0.4 is 4.90 Å². The summed E-state index contributed by atoms with van der Waals surface area (Å²) < 4.78 is 5.41. The van der Waals surface area contributed by atoms with Gasteiger partial charge < -0.3 is 4.74 Å². The number of rotatable bonds is 6. The van der Waals surface area contributed by atoms with Crippen molar-refractivity contribution < 1.29 is 23.9 Å². The minimum Gasteiger partial charge on any atom is -0.454 e. The molecule has 41 heavy (non-hydrogen) atoms. The molecule has 3 aliphatic rings. The number of amides is 2. The SMILES string of the molecule is O=C(COC(=O)c1cc(-c2ccc(N3C(=O)C4C5C=CC(C5)C4C3=O)cc2)nc2c(Cl)cccc12)c1ccccc1. The number of hydrogen-bond acceptors (Lipinski definition) is 6. The predicted molar refractivity (Wildman–Crippen MR) is 153 cm³/mol. The maximum Gasteiger partial charge on any atom is 0.339 e. The highest BCUT2D eigenvalue weighted by Crippen LogP contribution is 2.53. The molecule has 2 aliphatic carbocycles. The molecule has 1 aromatic heterocycles. The molecule has 4 aromatic rings. The van der Waals surface area contributed by atoms with Gasteiger partial charge in [-0.3, -0.25) is 19.3 Å². The predicted octanol–water partition coefficient (Wildman–Crippen LogP) is 5.91. The summed E-state index contributed by atoms with van der Waals surface area (Å²) >= 11 is 6.46. The van der Waals surface area contributed by atoms with Gasteiger partial charge in [0, 0.05) is 16.5 Å². The van der Waals surface area contributed by atoms with E-state index in [0.29, 0.717) is 38.4 Å². The number of pyridine rings is 1. The lowest BCUT2D eigenvalue weighted by Crippen LogP contribution is -2.32. The molecule has 1 aliphatic heterocycles. The van der Waals surface area contributed by atoms with Crippen LogP contribution in [0.15, 0.2) is 91.0 Å². The first-order valence-corrected chi connectivity index (χ1v) is 13.8. The Hall–Kier alpha value is -4.62. The van der Waals surface area contributed by atoms with E-state index in [1.165, 1.54) is 4.90 Å². The molecule has 1 saturated carbocycles. The number of hydrogen-bond donors (Lipinski definition) is 0. The molecule has 4 unspecified atom stereocenters. The van der Waals surface area contributed by atoms with Crippen LogP contribution in [0, 0.1) is 23.7 Å². The van der Waals surface area contributed by atoms with Crippen molar-refractivity contribution in [3.8, 4) is 11.3 Å². The average molecular weight is 563 g/mol. The van der Waals surface area contributed by atoms with Crippen molar-refractivity contribution in [2.75, 3.05) is 11.5 Å². The fraction of sp³-hybridized carbons (Fsp3) is 0.182. The van der Waals surface area contributed by atoms with E-state index in [1.54, 1.807) is 78.9 Å². The van der Waals surface area contributed by atoms with Gasteiger partial charge in [-0.2, -0.15) is 0 Å². The van der Waals surface area contributed by atoms with Gasteiger partial charge in [-0.1, -0.05) is 78.4 Å². The van der Waals surface area contributed by atoms with E-state index in [4.69, 9.17) is 21.3 Å². The Labute approximate surface area is 240 Å². The Morgan fingerprint density at radius 3 is 2.24 bits per heavy atom. The number of ether oxygens (including phenoxy) is 1. The van der Waals surface area contributed by atoms with Crippen LogP contribution in [0.2, 0.25) is 5.02 Å². The van der Waals surface area contributed by atoms with Crippen LogP contribution in [-0.4, -0.2) is 35.2 Å². The maximum absolute atomic E-state index is 13.2. The van der Waals surface area contributed by atoms with Crippen molar-refractivity contribution in [2.45, 2.75) is 6.42 Å². The van der Waals surface area contributed by atoms with Gasteiger partial charge in [0.15, 0.2) is 12.4 Å². The quantitative estimate of drug-likeness (QED) is 0.126. The Morgan fingerprint density at radius 1 is 0.878 bits per heavy atom. The van der Waals surface area contributed by atoms with E-state index in [2.05, 4.69) is 12.2 Å². The minimum absolute atomic E-state index is 0.137. The van der Waals surface area contributed by atoms with E-state index < -0.39 is 12.6 Å². The molecule has 0 radical (unpaired) electrons. The summed E-state index contributed by atoms with van der Waals surface area (Å²) in [5, 5.41) is 0.858. The van der Waals surface area contributed by atoms with Crippen LogP contribution in [0.1, 0.15) is 27.1 Å². The fourth-order valence-electron chi connectivity index (χ4n) is 6.38. The Morgan fingerprint density at radius 2 is 1.56 bits per heavy atom. The normalized spacial score (nSPS) is 22.4. The standard InChI is InChI=1S/C33H23ClN2O5/c34-25-8-4-7-23-24(33(40)41-17-27(37)19-5-2-1-3-6-19)16-26(35-30(23)25)18-11-13-22(14-12-18)36-31(38)28-20-9-10-21(15-20)29(28)32(36)39/h1-14,16,20-21,28-29H,15,17H2. The molecule has 8 heteroatoms. The van der Waals surface area contributed by atoms with E-state index in [-0.39, 0.29) is 46.8 Å². The number of Topliss-reactive ketones (excluding diaryl/α,β-unsaturated/α-hetero) is 1. The van der Waals surface area contributed by atoms with Gasteiger partial charge in [-0.05, 0) is 42.5 Å². The Bertz CT molecular complexity index is 1750. The second kappa shape index (κ2) is 9.78. The summed E-state index contributed by atoms with van der Waals surface area (Å²) in [4.78, 5) is 58.2. The molecule has 2 amide bonds. The van der Waals surface area contributed by atoms with Crippen LogP contribution in [-0.2, 0) is 14.3 Å². The van der Waals surface area contributed by atoms with Gasteiger partial charge in [0.2, 0.25) is 11.8 Å². The zero-order valence-corrected chi connectivity index (χ0v) is 22.5. The molecule has 2 fully saturated rings. The van der Waals surface area contributed by atoms with Crippen LogP contribution in [0.4, 0.5) is 5.69 Å². The van der Waals surface area contributed by atoms with Crippen molar-refractivity contribution in [2.24, 2.45) is 23.7 Å². The number of allylic oxidation sites excluding steroid dienone is 2. The lowest BCUT2D eigenvalue weighted by Gasteiger charge is -2.18. The topological polar surface area (TPSA) is 93.6 Å². The molecule has 4 atom stereocenters. The van der Waals surface area contributed by atoms with Crippen molar-refractivity contribution in [3.63, 3.8) is 0 Å². The Kier molecular flexibility index (Phi) is 6.05. The van der Waals surface area contributed by atoms with E-state index in [9.17, 15) is 19.2 Å². The molecule has 3 aromatic carbocycles. The summed E-state index contributed by atoms with van der Waals surface area (Å²) in [6.07, 6.45) is 5.02. The molecule has 202 valence electrons. The number of anilines is 1. The number of carbonyl (C=O) groups excluding carboxylic acids is 4. The second-order valence-corrected chi connectivity index (χ2v) is 11.0. The summed E-state index contributed by atoms with van der Waals surface area (Å²) in [6, 6.07) is 22.3. The summed E-state index contributed by atoms with van der Waals surface area (Å²) in [5.41, 5.74) is 2.71. The lowest BCUT2D eigenvalue weighted by atomic mass is 9.85. The zero-order valence-electron chi connectivity index (χ0n) is 21.7. The molecule has 7 rings (SSSR count). The third-order valence-electron chi connectivity index (χ3n) is 8.33. The number of aromatic nitrogens is 1. The zero-order chi connectivity index (χ0) is 28.2. The number of para-hydroxylation sites is 1. The van der Waals surface area contributed by atoms with Gasteiger partial charge in [-0.15, -0.1) is 0 Å². The summed E-state index contributed by atoms with van der Waals surface area (Å²) in [6.45, 7) is -0.408. The van der Waals surface area contributed by atoms with Crippen molar-refractivity contribution in [1.82, 2.24) is 4.98 Å². The monoisotopic (exact) mass is 562 g/mol. The largest absolute Gasteiger partial charge is 0.454 e. The van der Waals surface area contributed by atoms with Crippen LogP contribution in [0.25, 0.3) is 22.2 Å². The molecule has 1 saturated heterocycles. The molecular formula is C33H23ClN2O5. The number of imide groups is 1. The van der Waals surface area contributed by atoms with Crippen molar-refractivity contribution in [1.29, 1.82) is 0 Å². The third-order valence-corrected chi connectivity index (χ3v) is 8.64. The minimum atomic E-state index is -0.676. The van der Waals surface area contributed by atoms with Crippen LogP contribution >= 0.6 is 11.6 Å². The number of ketones is 1. The van der Waals surface area contributed by atoms with E-state index in [0.717, 1.165) is 6.42 Å². The summed E-state index contributed by atoms with van der Waals surface area (Å²) in [5.74, 6) is -1.55. The first-order chi connectivity index (χ1) is 19.9. The van der Waals surface area contributed by atoms with Crippen LogP contribution in [0.5, 0.6) is 0 Å². The van der Waals surface area contributed by atoms with Crippen molar-refractivity contribution in [3.05, 3.63) is 107 Å². The first-order valence-electron chi connectivity index (χ1n) is 13.4. The highest BCUT2D eigenvalue weighted by molar-refractivity contribution is 6.35.